The van der Waals surface area contributed by atoms with Crippen molar-refractivity contribution in [2.75, 3.05) is 18.0 Å². The van der Waals surface area contributed by atoms with Crippen LogP contribution >= 0.6 is 0 Å². The summed E-state index contributed by atoms with van der Waals surface area (Å²) < 4.78 is 0. The van der Waals surface area contributed by atoms with Gasteiger partial charge < -0.3 is 9.80 Å². The number of nitrogens with zero attached hydrogens (tertiary/aromatic N) is 2. The van der Waals surface area contributed by atoms with E-state index in [4.69, 9.17) is 0 Å². The zero-order valence-electron chi connectivity index (χ0n) is 13.5. The Bertz CT molecular complexity index is 566. The van der Waals surface area contributed by atoms with Crippen molar-refractivity contribution in [1.29, 1.82) is 0 Å². The molecule has 1 atom stereocenters. The van der Waals surface area contributed by atoms with Crippen molar-refractivity contribution in [2.24, 2.45) is 5.92 Å². The van der Waals surface area contributed by atoms with Crippen LogP contribution < -0.4 is 4.90 Å². The number of carbonyl (C=O) groups is 2. The lowest BCUT2D eigenvalue weighted by Crippen LogP contribution is -2.58. The first-order valence-corrected chi connectivity index (χ1v) is 7.52. The van der Waals surface area contributed by atoms with Crippen LogP contribution in [0.1, 0.15) is 31.9 Å². The topological polar surface area (TPSA) is 40.6 Å². The molecule has 1 aliphatic heterocycles. The highest BCUT2D eigenvalue weighted by Crippen LogP contribution is 2.26. The minimum atomic E-state index is -0.395. The number of piperazine rings is 1. The third-order valence-corrected chi connectivity index (χ3v) is 4.30. The normalized spacial score (nSPS) is 19.3. The Hall–Kier alpha value is -1.84. The molecule has 2 rings (SSSR count). The molecule has 0 unspecified atom stereocenters. The second kappa shape index (κ2) is 5.88. The lowest BCUT2D eigenvalue weighted by Gasteiger charge is -2.40. The predicted molar refractivity (Wildman–Crippen MR) is 84.3 cm³/mol. The number of carbonyl (C=O) groups excluding carboxylic acids is 2. The van der Waals surface area contributed by atoms with E-state index >= 15 is 0 Å². The van der Waals surface area contributed by atoms with Crippen LogP contribution in [0.2, 0.25) is 0 Å². The van der Waals surface area contributed by atoms with Gasteiger partial charge in [0.25, 0.3) is 0 Å². The van der Waals surface area contributed by atoms with Gasteiger partial charge in [0.1, 0.15) is 6.04 Å². The maximum atomic E-state index is 12.7. The van der Waals surface area contributed by atoms with Crippen LogP contribution in [-0.4, -0.2) is 35.8 Å². The Kier molecular flexibility index (Phi) is 4.35. The van der Waals surface area contributed by atoms with Crippen LogP contribution in [0.4, 0.5) is 5.69 Å². The molecule has 1 aromatic carbocycles. The first kappa shape index (κ1) is 15.5. The van der Waals surface area contributed by atoms with Gasteiger partial charge in [-0.25, -0.2) is 0 Å². The molecular weight excluding hydrogens is 264 g/mol. The minimum absolute atomic E-state index is 0.00366. The predicted octanol–water partition coefficient (Wildman–Crippen LogP) is 2.52. The molecule has 1 saturated heterocycles. The summed E-state index contributed by atoms with van der Waals surface area (Å²) in [6.45, 7) is 10.8. The smallest absolute Gasteiger partial charge is 0.249 e. The molecule has 0 bridgehead atoms. The SMILES string of the molecule is Cc1cccc(N2CCN(C(=O)C(C)C)[C@H](C)C2=O)c1C. The van der Waals surface area contributed by atoms with Gasteiger partial charge >= 0.3 is 0 Å². The molecule has 4 heteroatoms. The van der Waals surface area contributed by atoms with E-state index in [9.17, 15) is 9.59 Å². The van der Waals surface area contributed by atoms with Crippen LogP contribution in [-0.2, 0) is 9.59 Å². The number of hydrogen-bond donors (Lipinski definition) is 0. The van der Waals surface area contributed by atoms with Gasteiger partial charge in [-0.3, -0.25) is 9.59 Å². The molecule has 1 fully saturated rings. The Morgan fingerprint density at radius 1 is 1.24 bits per heavy atom. The molecule has 0 aromatic heterocycles. The summed E-state index contributed by atoms with van der Waals surface area (Å²) in [4.78, 5) is 28.4. The van der Waals surface area contributed by atoms with E-state index in [1.807, 2.05) is 57.7 Å². The van der Waals surface area contributed by atoms with Gasteiger partial charge in [-0.15, -0.1) is 0 Å². The molecule has 114 valence electrons. The Morgan fingerprint density at radius 3 is 2.52 bits per heavy atom. The van der Waals surface area contributed by atoms with E-state index in [0.717, 1.165) is 11.3 Å². The summed E-state index contributed by atoms with van der Waals surface area (Å²) in [5, 5.41) is 0. The number of aryl methyl sites for hydroxylation is 1. The van der Waals surface area contributed by atoms with Crippen molar-refractivity contribution in [3.05, 3.63) is 29.3 Å². The van der Waals surface area contributed by atoms with Crippen LogP contribution in [0.25, 0.3) is 0 Å². The standard InChI is InChI=1S/C17H24N2O2/c1-11(2)16(20)18-9-10-19(17(21)14(18)5)15-8-6-7-12(3)13(15)4/h6-8,11,14H,9-10H2,1-5H3/t14-/m1/s1. The van der Waals surface area contributed by atoms with Gasteiger partial charge in [0, 0.05) is 24.7 Å². The van der Waals surface area contributed by atoms with Crippen LogP contribution in [0.3, 0.4) is 0 Å². The lowest BCUT2D eigenvalue weighted by atomic mass is 10.0. The highest BCUT2D eigenvalue weighted by atomic mass is 16.2. The summed E-state index contributed by atoms with van der Waals surface area (Å²) in [6, 6.07) is 5.60. The van der Waals surface area contributed by atoms with Crippen molar-refractivity contribution in [3.8, 4) is 0 Å². The van der Waals surface area contributed by atoms with E-state index < -0.39 is 6.04 Å². The fourth-order valence-electron chi connectivity index (χ4n) is 2.77. The van der Waals surface area contributed by atoms with Crippen LogP contribution in [0, 0.1) is 19.8 Å². The van der Waals surface area contributed by atoms with Crippen molar-refractivity contribution in [1.82, 2.24) is 4.90 Å². The molecule has 0 spiro atoms. The third-order valence-electron chi connectivity index (χ3n) is 4.30. The molecule has 1 aliphatic rings. The highest BCUT2D eigenvalue weighted by molar-refractivity contribution is 6.00. The third kappa shape index (κ3) is 2.80. The summed E-state index contributed by atoms with van der Waals surface area (Å²) in [6.07, 6.45) is 0. The minimum Gasteiger partial charge on any atom is -0.329 e. The van der Waals surface area contributed by atoms with E-state index in [1.54, 1.807) is 4.90 Å². The van der Waals surface area contributed by atoms with Gasteiger partial charge in [0.15, 0.2) is 0 Å². The lowest BCUT2D eigenvalue weighted by molar-refractivity contribution is -0.143. The maximum absolute atomic E-state index is 12.7. The van der Waals surface area contributed by atoms with E-state index in [2.05, 4.69) is 0 Å². The highest BCUT2D eigenvalue weighted by Gasteiger charge is 2.36. The van der Waals surface area contributed by atoms with Gasteiger partial charge in [-0.2, -0.15) is 0 Å². The fraction of sp³-hybridized carbons (Fsp3) is 0.529. The molecule has 21 heavy (non-hydrogen) atoms. The maximum Gasteiger partial charge on any atom is 0.249 e. The van der Waals surface area contributed by atoms with Gasteiger partial charge in [0.05, 0.1) is 0 Å². The molecule has 4 nitrogen and oxygen atoms in total. The van der Waals surface area contributed by atoms with E-state index in [-0.39, 0.29) is 17.7 Å². The summed E-state index contributed by atoms with van der Waals surface area (Å²) >= 11 is 0. The summed E-state index contributed by atoms with van der Waals surface area (Å²) in [5.41, 5.74) is 3.26. The average molecular weight is 288 g/mol. The Labute approximate surface area is 126 Å². The van der Waals surface area contributed by atoms with Gasteiger partial charge in [-0.1, -0.05) is 26.0 Å². The number of hydrogen-bond acceptors (Lipinski definition) is 2. The van der Waals surface area contributed by atoms with Crippen molar-refractivity contribution < 1.29 is 9.59 Å². The van der Waals surface area contributed by atoms with Gasteiger partial charge in [0.2, 0.25) is 11.8 Å². The average Bonchev–Trinajstić information content (AvgIpc) is 2.44. The van der Waals surface area contributed by atoms with Crippen molar-refractivity contribution >= 4 is 17.5 Å². The zero-order valence-corrected chi connectivity index (χ0v) is 13.5. The monoisotopic (exact) mass is 288 g/mol. The quantitative estimate of drug-likeness (QED) is 0.839. The molecule has 0 aliphatic carbocycles. The molecule has 1 aromatic rings. The number of rotatable bonds is 2. The summed E-state index contributed by atoms with van der Waals surface area (Å²) in [7, 11) is 0. The van der Waals surface area contributed by atoms with E-state index in [0.29, 0.717) is 13.1 Å². The second-order valence-electron chi connectivity index (χ2n) is 6.07. The zero-order chi connectivity index (χ0) is 15.7. The van der Waals surface area contributed by atoms with Crippen LogP contribution in [0.5, 0.6) is 0 Å². The number of amides is 2. The molecule has 2 amide bonds. The fourth-order valence-corrected chi connectivity index (χ4v) is 2.77. The second-order valence-corrected chi connectivity index (χ2v) is 6.07. The Morgan fingerprint density at radius 2 is 1.90 bits per heavy atom. The largest absolute Gasteiger partial charge is 0.329 e. The first-order valence-electron chi connectivity index (χ1n) is 7.52. The number of benzene rings is 1. The Balaban J connectivity index is 2.26. The molecule has 0 N–H and O–H groups in total. The van der Waals surface area contributed by atoms with Gasteiger partial charge in [-0.05, 0) is 38.0 Å². The number of anilines is 1. The molecule has 1 heterocycles. The molecule has 0 saturated carbocycles. The molecule has 0 radical (unpaired) electrons. The van der Waals surface area contributed by atoms with E-state index in [1.165, 1.54) is 5.56 Å². The molecular formula is C17H24N2O2. The van der Waals surface area contributed by atoms with Crippen molar-refractivity contribution in [3.63, 3.8) is 0 Å². The first-order chi connectivity index (χ1) is 9.84. The van der Waals surface area contributed by atoms with Crippen LogP contribution in [0.15, 0.2) is 18.2 Å². The van der Waals surface area contributed by atoms with Crippen molar-refractivity contribution in [2.45, 2.75) is 40.7 Å². The summed E-state index contributed by atoms with van der Waals surface area (Å²) in [5.74, 6) is -0.0204.